The first kappa shape index (κ1) is 75.8. The van der Waals surface area contributed by atoms with Crippen molar-refractivity contribution in [3.8, 4) is 0 Å². The molecule has 6 nitrogen and oxygen atoms in total. The number of ether oxygens (including phenoxy) is 3. The normalized spacial score (nSPS) is 12.9. The minimum absolute atomic E-state index is 0.0931. The molecule has 0 spiro atoms. The van der Waals surface area contributed by atoms with Crippen LogP contribution in [0.3, 0.4) is 0 Å². The molecule has 456 valence electrons. The molecule has 0 saturated carbocycles. The molecule has 6 heteroatoms. The summed E-state index contributed by atoms with van der Waals surface area (Å²) >= 11 is 0. The second-order valence-electron chi connectivity index (χ2n) is 22.0. The average Bonchev–Trinajstić information content (AvgIpc) is 3.46. The van der Waals surface area contributed by atoms with Gasteiger partial charge in [-0.05, 0) is 109 Å². The molecule has 0 aromatic heterocycles. The summed E-state index contributed by atoms with van der Waals surface area (Å²) in [5.74, 6) is -0.930. The van der Waals surface area contributed by atoms with E-state index in [1.54, 1.807) is 0 Å². The highest BCUT2D eigenvalue weighted by Crippen LogP contribution is 2.17. The van der Waals surface area contributed by atoms with Crippen LogP contribution in [0.4, 0.5) is 0 Å². The number of hydrogen-bond acceptors (Lipinski definition) is 6. The topological polar surface area (TPSA) is 78.9 Å². The Bertz CT molecular complexity index is 1650. The van der Waals surface area contributed by atoms with E-state index < -0.39 is 6.10 Å². The molecule has 0 heterocycles. The third kappa shape index (κ3) is 64.6. The Morgan fingerprint density at radius 2 is 0.487 bits per heavy atom. The highest BCUT2D eigenvalue weighted by atomic mass is 16.6. The van der Waals surface area contributed by atoms with E-state index in [0.717, 1.165) is 122 Å². The van der Waals surface area contributed by atoms with Gasteiger partial charge in [-0.25, -0.2) is 0 Å². The van der Waals surface area contributed by atoms with E-state index in [1.807, 2.05) is 0 Å². The molecular weight excluding hydrogens is 985 g/mol. The lowest BCUT2D eigenvalue weighted by Gasteiger charge is -2.18. The molecule has 0 aliphatic rings. The summed E-state index contributed by atoms with van der Waals surface area (Å²) in [6.07, 6.45) is 93.6. The van der Waals surface area contributed by atoms with Crippen molar-refractivity contribution in [2.24, 2.45) is 0 Å². The summed E-state index contributed by atoms with van der Waals surface area (Å²) in [6.45, 7) is 6.40. The van der Waals surface area contributed by atoms with Crippen LogP contribution in [0.15, 0.2) is 122 Å². The van der Waals surface area contributed by atoms with E-state index in [2.05, 4.69) is 142 Å². The largest absolute Gasteiger partial charge is 0.462 e. The van der Waals surface area contributed by atoms with E-state index in [-0.39, 0.29) is 31.1 Å². The molecule has 80 heavy (non-hydrogen) atoms. The van der Waals surface area contributed by atoms with Crippen LogP contribution in [0.2, 0.25) is 0 Å². The molecule has 0 saturated heterocycles. The summed E-state index contributed by atoms with van der Waals surface area (Å²) in [4.78, 5) is 38.4. The fraction of sp³-hybridized carbons (Fsp3) is 0.689. The third-order valence-corrected chi connectivity index (χ3v) is 14.2. The number of allylic oxidation sites excluding steroid dienone is 20. The zero-order chi connectivity index (χ0) is 57.8. The Morgan fingerprint density at radius 1 is 0.263 bits per heavy atom. The maximum Gasteiger partial charge on any atom is 0.306 e. The molecule has 0 aromatic rings. The molecule has 0 aromatic carbocycles. The van der Waals surface area contributed by atoms with E-state index >= 15 is 0 Å². The van der Waals surface area contributed by atoms with Crippen molar-refractivity contribution in [2.75, 3.05) is 13.2 Å². The standard InChI is InChI=1S/C74H124O6/c1-4-7-10-13-16-19-22-25-28-30-32-33-34-35-36-37-38-39-40-41-42-44-46-49-52-55-58-61-64-67-73(76)79-70-71(69-78-72(75)66-63-60-57-54-51-48-45-27-24-21-18-15-12-9-6-3)80-74(77)68-65-62-59-56-53-50-47-43-31-29-26-23-20-17-14-11-8-5-2/h7,9-10,12,16,18-19,21,25,27-28,32-33,35-36,38-39,45,51,54,71H,4-6,8,11,13-15,17,20,22-24,26,29-31,34,37,40-44,46-50,52-53,55-70H2,1-3H3/b10-7-,12-9-,19-16-,21-18-,28-25-,33-32-,36-35-,39-38-,45-27-,54-51-. The number of rotatable bonds is 60. The Labute approximate surface area is 494 Å². The summed E-state index contributed by atoms with van der Waals surface area (Å²) in [6, 6.07) is 0. The van der Waals surface area contributed by atoms with Crippen LogP contribution in [-0.4, -0.2) is 37.2 Å². The number of carbonyl (C=O) groups excluding carboxylic acids is 3. The van der Waals surface area contributed by atoms with E-state index in [0.29, 0.717) is 19.3 Å². The quantitative estimate of drug-likeness (QED) is 0.0261. The predicted octanol–water partition coefficient (Wildman–Crippen LogP) is 23.2. The van der Waals surface area contributed by atoms with Crippen molar-refractivity contribution >= 4 is 17.9 Å². The molecule has 0 N–H and O–H groups in total. The monoisotopic (exact) mass is 1110 g/mol. The zero-order valence-corrected chi connectivity index (χ0v) is 52.3. The SMILES string of the molecule is CC/C=C\C/C=C\C/C=C\C/C=C\C/C=C\C/C=C\CCCCCCCCCCCCC(=O)OCC(COC(=O)CCCC/C=C\C/C=C\C/C=C\C/C=C\CC)OC(=O)CCCCCCCCCCCCCCCCCCCC. The predicted molar refractivity (Wildman–Crippen MR) is 348 cm³/mol. The van der Waals surface area contributed by atoms with Gasteiger partial charge in [-0.2, -0.15) is 0 Å². The lowest BCUT2D eigenvalue weighted by atomic mass is 10.0. The molecular formula is C74H124O6. The van der Waals surface area contributed by atoms with Crippen molar-refractivity contribution in [1.29, 1.82) is 0 Å². The fourth-order valence-corrected chi connectivity index (χ4v) is 9.26. The van der Waals surface area contributed by atoms with E-state index in [9.17, 15) is 14.4 Å². The maximum atomic E-state index is 12.9. The van der Waals surface area contributed by atoms with Crippen LogP contribution in [0.1, 0.15) is 310 Å². The molecule has 0 fully saturated rings. The summed E-state index contributed by atoms with van der Waals surface area (Å²) in [5.41, 5.74) is 0. The average molecular weight is 1110 g/mol. The number of hydrogen-bond donors (Lipinski definition) is 0. The van der Waals surface area contributed by atoms with Gasteiger partial charge in [-0.3, -0.25) is 14.4 Å². The first-order valence-corrected chi connectivity index (χ1v) is 33.5. The van der Waals surface area contributed by atoms with Crippen LogP contribution >= 0.6 is 0 Å². The maximum absolute atomic E-state index is 12.9. The minimum atomic E-state index is -0.799. The molecule has 1 atom stereocenters. The Hall–Kier alpha value is -4.19. The smallest absolute Gasteiger partial charge is 0.306 e. The molecule has 1 unspecified atom stereocenters. The van der Waals surface area contributed by atoms with Gasteiger partial charge in [-0.1, -0.05) is 303 Å². The fourth-order valence-electron chi connectivity index (χ4n) is 9.26. The van der Waals surface area contributed by atoms with E-state index in [1.165, 1.54) is 148 Å². The molecule has 0 amide bonds. The van der Waals surface area contributed by atoms with E-state index in [4.69, 9.17) is 14.2 Å². The second-order valence-corrected chi connectivity index (χ2v) is 22.0. The number of esters is 3. The number of carbonyl (C=O) groups is 3. The van der Waals surface area contributed by atoms with Gasteiger partial charge >= 0.3 is 17.9 Å². The lowest BCUT2D eigenvalue weighted by molar-refractivity contribution is -0.167. The van der Waals surface area contributed by atoms with Crippen LogP contribution < -0.4 is 0 Å². The van der Waals surface area contributed by atoms with Crippen LogP contribution in [0, 0.1) is 0 Å². The first-order chi connectivity index (χ1) is 39.5. The van der Waals surface area contributed by atoms with Crippen LogP contribution in [-0.2, 0) is 28.6 Å². The van der Waals surface area contributed by atoms with Crippen molar-refractivity contribution in [3.63, 3.8) is 0 Å². The first-order valence-electron chi connectivity index (χ1n) is 33.5. The second kappa shape index (κ2) is 67.3. The van der Waals surface area contributed by atoms with Gasteiger partial charge in [0.1, 0.15) is 13.2 Å². The summed E-state index contributed by atoms with van der Waals surface area (Å²) in [5, 5.41) is 0. The third-order valence-electron chi connectivity index (χ3n) is 14.2. The molecule has 0 aliphatic carbocycles. The van der Waals surface area contributed by atoms with Gasteiger partial charge in [0, 0.05) is 19.3 Å². The van der Waals surface area contributed by atoms with Crippen molar-refractivity contribution in [2.45, 2.75) is 316 Å². The van der Waals surface area contributed by atoms with Gasteiger partial charge in [0.2, 0.25) is 0 Å². The van der Waals surface area contributed by atoms with Gasteiger partial charge < -0.3 is 14.2 Å². The van der Waals surface area contributed by atoms with Crippen LogP contribution in [0.5, 0.6) is 0 Å². The molecule has 0 radical (unpaired) electrons. The summed E-state index contributed by atoms with van der Waals surface area (Å²) in [7, 11) is 0. The van der Waals surface area contributed by atoms with Gasteiger partial charge in [0.15, 0.2) is 6.10 Å². The van der Waals surface area contributed by atoms with Gasteiger partial charge in [-0.15, -0.1) is 0 Å². The Morgan fingerprint density at radius 3 is 0.787 bits per heavy atom. The number of unbranched alkanes of at least 4 members (excludes halogenated alkanes) is 29. The molecule has 0 bridgehead atoms. The Kier molecular flexibility index (Phi) is 63.8. The highest BCUT2D eigenvalue weighted by molar-refractivity contribution is 5.71. The highest BCUT2D eigenvalue weighted by Gasteiger charge is 2.19. The summed E-state index contributed by atoms with van der Waals surface area (Å²) < 4.78 is 16.9. The minimum Gasteiger partial charge on any atom is -0.462 e. The van der Waals surface area contributed by atoms with Gasteiger partial charge in [0.25, 0.3) is 0 Å². The Balaban J connectivity index is 4.34. The molecule has 0 rings (SSSR count). The lowest BCUT2D eigenvalue weighted by Crippen LogP contribution is -2.30. The van der Waals surface area contributed by atoms with Crippen molar-refractivity contribution < 1.29 is 28.6 Å². The van der Waals surface area contributed by atoms with Crippen LogP contribution in [0.25, 0.3) is 0 Å². The van der Waals surface area contributed by atoms with Crippen molar-refractivity contribution in [1.82, 2.24) is 0 Å². The zero-order valence-electron chi connectivity index (χ0n) is 52.3. The molecule has 0 aliphatic heterocycles. The van der Waals surface area contributed by atoms with Crippen molar-refractivity contribution in [3.05, 3.63) is 122 Å². The van der Waals surface area contributed by atoms with Gasteiger partial charge in [0.05, 0.1) is 0 Å².